The van der Waals surface area contributed by atoms with Gasteiger partial charge in [-0.25, -0.2) is 0 Å². The van der Waals surface area contributed by atoms with Gasteiger partial charge in [0.05, 0.1) is 31.8 Å². The molecule has 0 amide bonds. The molecular formula is C28H56O4. The Hall–Kier alpha value is -0.160. The largest absolute Gasteiger partial charge is 0.396 e. The van der Waals surface area contributed by atoms with Gasteiger partial charge in [-0.15, -0.1) is 0 Å². The van der Waals surface area contributed by atoms with Crippen LogP contribution in [0.4, 0.5) is 0 Å². The van der Waals surface area contributed by atoms with Crippen LogP contribution in [-0.4, -0.2) is 42.4 Å². The molecule has 0 atom stereocenters. The minimum atomic E-state index is -0.638. The summed E-state index contributed by atoms with van der Waals surface area (Å²) in [6.07, 6.45) is 25.6. The van der Waals surface area contributed by atoms with Crippen LogP contribution >= 0.6 is 0 Å². The van der Waals surface area contributed by atoms with E-state index in [1.54, 1.807) is 0 Å². The van der Waals surface area contributed by atoms with Gasteiger partial charge < -0.3 is 19.7 Å². The third-order valence-corrected chi connectivity index (χ3v) is 7.28. The maximum absolute atomic E-state index is 9.69. The molecule has 192 valence electrons. The van der Waals surface area contributed by atoms with Crippen molar-refractivity contribution < 1.29 is 19.7 Å². The van der Waals surface area contributed by atoms with Crippen LogP contribution in [0.1, 0.15) is 142 Å². The van der Waals surface area contributed by atoms with Crippen molar-refractivity contribution in [3.63, 3.8) is 0 Å². The van der Waals surface area contributed by atoms with Crippen LogP contribution in [-0.2, 0) is 9.47 Å². The third kappa shape index (κ3) is 12.9. The second-order valence-corrected chi connectivity index (χ2v) is 10.5. The lowest BCUT2D eigenvalue weighted by atomic mass is 9.89. The van der Waals surface area contributed by atoms with Crippen LogP contribution < -0.4 is 0 Å². The standard InChI is InChI=1S/C28H56O4/c1-3-5-7-9-11-13-15-17-19-21-28(31-25-27(23-29,24-30)26-32-28)22-20-18-16-14-12-10-8-6-4-2/h29-30H,3-26H2,1-2H3. The normalized spacial score (nSPS) is 17.6. The molecule has 0 radical (unpaired) electrons. The third-order valence-electron chi connectivity index (χ3n) is 7.28. The first-order valence-corrected chi connectivity index (χ1v) is 14.2. The van der Waals surface area contributed by atoms with E-state index in [0.717, 1.165) is 25.7 Å². The first-order valence-electron chi connectivity index (χ1n) is 14.2. The summed E-state index contributed by atoms with van der Waals surface area (Å²) in [5.74, 6) is -0.504. The van der Waals surface area contributed by atoms with Crippen molar-refractivity contribution in [2.24, 2.45) is 5.41 Å². The van der Waals surface area contributed by atoms with Gasteiger partial charge in [-0.3, -0.25) is 0 Å². The Bertz CT molecular complexity index is 374. The lowest BCUT2D eigenvalue weighted by Crippen LogP contribution is -2.52. The quantitative estimate of drug-likeness (QED) is 0.165. The zero-order valence-electron chi connectivity index (χ0n) is 21.7. The summed E-state index contributed by atoms with van der Waals surface area (Å²) in [4.78, 5) is 0. The molecule has 0 aromatic rings. The second kappa shape index (κ2) is 19.2. The van der Waals surface area contributed by atoms with E-state index in [-0.39, 0.29) is 13.2 Å². The number of hydrogen-bond donors (Lipinski definition) is 2. The highest BCUT2D eigenvalue weighted by molar-refractivity contribution is 4.85. The molecule has 1 heterocycles. The summed E-state index contributed by atoms with van der Waals surface area (Å²) >= 11 is 0. The first-order chi connectivity index (χ1) is 15.7. The van der Waals surface area contributed by atoms with Crippen LogP contribution in [0, 0.1) is 5.41 Å². The van der Waals surface area contributed by atoms with Crippen LogP contribution in [0.2, 0.25) is 0 Å². The van der Waals surface area contributed by atoms with Crippen LogP contribution in [0.15, 0.2) is 0 Å². The Labute approximate surface area is 199 Å². The molecule has 32 heavy (non-hydrogen) atoms. The van der Waals surface area contributed by atoms with Gasteiger partial charge >= 0.3 is 0 Å². The van der Waals surface area contributed by atoms with Crippen molar-refractivity contribution in [1.29, 1.82) is 0 Å². The molecule has 0 unspecified atom stereocenters. The molecule has 0 aliphatic carbocycles. The lowest BCUT2D eigenvalue weighted by molar-refractivity contribution is -0.318. The molecule has 0 bridgehead atoms. The van der Waals surface area contributed by atoms with Crippen molar-refractivity contribution in [3.05, 3.63) is 0 Å². The van der Waals surface area contributed by atoms with E-state index >= 15 is 0 Å². The van der Waals surface area contributed by atoms with Gasteiger partial charge in [0.25, 0.3) is 0 Å². The van der Waals surface area contributed by atoms with Crippen LogP contribution in [0.3, 0.4) is 0 Å². The van der Waals surface area contributed by atoms with Gasteiger partial charge in [-0.05, 0) is 12.8 Å². The number of rotatable bonds is 22. The van der Waals surface area contributed by atoms with Crippen molar-refractivity contribution in [1.82, 2.24) is 0 Å². The van der Waals surface area contributed by atoms with Gasteiger partial charge in [-0.1, -0.05) is 117 Å². The SMILES string of the molecule is CCCCCCCCCCCC1(CCCCCCCCCCC)OCC(CO)(CO)CO1. The highest BCUT2D eigenvalue weighted by atomic mass is 16.7. The van der Waals surface area contributed by atoms with Gasteiger partial charge in [0.15, 0.2) is 5.79 Å². The maximum atomic E-state index is 9.69. The predicted molar refractivity (Wildman–Crippen MR) is 135 cm³/mol. The van der Waals surface area contributed by atoms with E-state index in [0.29, 0.717) is 13.2 Å². The fraction of sp³-hybridized carbons (Fsp3) is 1.00. The second-order valence-electron chi connectivity index (χ2n) is 10.5. The highest BCUT2D eigenvalue weighted by Gasteiger charge is 2.43. The van der Waals surface area contributed by atoms with Gasteiger partial charge in [-0.2, -0.15) is 0 Å². The fourth-order valence-electron chi connectivity index (χ4n) is 4.71. The Morgan fingerprint density at radius 3 is 1.12 bits per heavy atom. The lowest BCUT2D eigenvalue weighted by Gasteiger charge is -2.45. The predicted octanol–water partition coefficient (Wildman–Crippen LogP) is 7.54. The van der Waals surface area contributed by atoms with E-state index in [9.17, 15) is 10.2 Å². The Kier molecular flexibility index (Phi) is 17.9. The zero-order valence-corrected chi connectivity index (χ0v) is 21.7. The molecule has 0 spiro atoms. The molecule has 1 rings (SSSR count). The Balaban J connectivity index is 2.30. The average molecular weight is 457 g/mol. The number of ether oxygens (including phenoxy) is 2. The Morgan fingerprint density at radius 1 is 0.500 bits per heavy atom. The summed E-state index contributed by atoms with van der Waals surface area (Å²) in [5.41, 5.74) is -0.638. The van der Waals surface area contributed by atoms with Gasteiger partial charge in [0.1, 0.15) is 0 Å². The topological polar surface area (TPSA) is 58.9 Å². The van der Waals surface area contributed by atoms with Crippen molar-refractivity contribution in [2.45, 2.75) is 148 Å². The van der Waals surface area contributed by atoms with E-state index in [2.05, 4.69) is 13.8 Å². The number of hydrogen-bond acceptors (Lipinski definition) is 4. The molecule has 1 saturated heterocycles. The summed E-state index contributed by atoms with van der Waals surface area (Å²) in [6, 6.07) is 0. The smallest absolute Gasteiger partial charge is 0.168 e. The van der Waals surface area contributed by atoms with Crippen molar-refractivity contribution >= 4 is 0 Å². The van der Waals surface area contributed by atoms with Crippen LogP contribution in [0.25, 0.3) is 0 Å². The molecule has 1 aliphatic heterocycles. The number of aliphatic hydroxyl groups excluding tert-OH is 2. The average Bonchev–Trinajstić information content (AvgIpc) is 2.83. The molecule has 0 saturated carbocycles. The molecule has 1 fully saturated rings. The molecule has 4 heteroatoms. The maximum Gasteiger partial charge on any atom is 0.168 e. The summed E-state index contributed by atoms with van der Waals surface area (Å²) < 4.78 is 12.5. The molecule has 1 aliphatic rings. The van der Waals surface area contributed by atoms with Crippen molar-refractivity contribution in [3.8, 4) is 0 Å². The number of unbranched alkanes of at least 4 members (excludes halogenated alkanes) is 16. The van der Waals surface area contributed by atoms with Crippen molar-refractivity contribution in [2.75, 3.05) is 26.4 Å². The molecule has 2 N–H and O–H groups in total. The summed E-state index contributed by atoms with van der Waals surface area (Å²) in [6.45, 7) is 5.16. The monoisotopic (exact) mass is 456 g/mol. The molecule has 0 aromatic heterocycles. The summed E-state index contributed by atoms with van der Waals surface area (Å²) in [5, 5.41) is 19.4. The van der Waals surface area contributed by atoms with Crippen LogP contribution in [0.5, 0.6) is 0 Å². The fourth-order valence-corrected chi connectivity index (χ4v) is 4.71. The van der Waals surface area contributed by atoms with E-state index in [1.165, 1.54) is 103 Å². The minimum Gasteiger partial charge on any atom is -0.396 e. The van der Waals surface area contributed by atoms with Gasteiger partial charge in [0.2, 0.25) is 0 Å². The molecule has 0 aromatic carbocycles. The Morgan fingerprint density at radius 2 is 0.812 bits per heavy atom. The first kappa shape index (κ1) is 29.9. The summed E-state index contributed by atoms with van der Waals surface area (Å²) in [7, 11) is 0. The van der Waals surface area contributed by atoms with E-state index in [1.807, 2.05) is 0 Å². The van der Waals surface area contributed by atoms with Gasteiger partial charge in [0, 0.05) is 12.8 Å². The molecular weight excluding hydrogens is 400 g/mol. The van der Waals surface area contributed by atoms with E-state index in [4.69, 9.17) is 9.47 Å². The minimum absolute atomic E-state index is 0.0877. The highest BCUT2D eigenvalue weighted by Crippen LogP contribution is 2.36. The number of aliphatic hydroxyl groups is 2. The zero-order chi connectivity index (χ0) is 23.4. The molecule has 4 nitrogen and oxygen atoms in total. The van der Waals surface area contributed by atoms with E-state index < -0.39 is 11.2 Å².